The molecule has 0 saturated carbocycles. The molecule has 2 aromatic carbocycles. The smallest absolute Gasteiger partial charge is 0.391 e. The first-order valence-corrected chi connectivity index (χ1v) is 13.3. The van der Waals surface area contributed by atoms with Crippen molar-refractivity contribution in [2.75, 3.05) is 13.1 Å². The Labute approximate surface area is 228 Å². The number of nitrogens with zero attached hydrogens (tertiary/aromatic N) is 3. The first-order chi connectivity index (χ1) is 19.0. The van der Waals surface area contributed by atoms with Crippen LogP contribution in [-0.4, -0.2) is 51.1 Å². The Bertz CT molecular complexity index is 1410. The van der Waals surface area contributed by atoms with E-state index >= 15 is 0 Å². The van der Waals surface area contributed by atoms with Gasteiger partial charge in [-0.25, -0.2) is 13.5 Å². The molecule has 1 heterocycles. The molecule has 2 aliphatic carbocycles. The van der Waals surface area contributed by atoms with Crippen LogP contribution in [0.5, 0.6) is 0 Å². The molecule has 0 aliphatic heterocycles. The van der Waals surface area contributed by atoms with Gasteiger partial charge in [0, 0.05) is 31.0 Å². The van der Waals surface area contributed by atoms with Crippen LogP contribution in [0.1, 0.15) is 48.9 Å². The van der Waals surface area contributed by atoms with Crippen LogP contribution in [0.3, 0.4) is 0 Å². The SMILES string of the molecule is C[C@@H]1C2=C(CC[C@H]2C(=O)N(CCc2ccccc2F)CC(O)CC(F)(F)F)Cc2c1cnn2-c1ccc(F)cc1. The van der Waals surface area contributed by atoms with Gasteiger partial charge in [-0.3, -0.25) is 4.79 Å². The van der Waals surface area contributed by atoms with Crippen LogP contribution in [0, 0.1) is 17.6 Å². The number of aliphatic hydroxyl groups excluding tert-OH is 1. The van der Waals surface area contributed by atoms with Gasteiger partial charge < -0.3 is 10.0 Å². The Kier molecular flexibility index (Phi) is 7.81. The Morgan fingerprint density at radius 1 is 1.15 bits per heavy atom. The maximum Gasteiger partial charge on any atom is 0.391 e. The number of halogens is 5. The Morgan fingerprint density at radius 2 is 1.88 bits per heavy atom. The van der Waals surface area contributed by atoms with E-state index in [2.05, 4.69) is 5.10 Å². The molecule has 1 N–H and O–H groups in total. The Balaban J connectivity index is 1.39. The standard InChI is InChI=1S/C30H30F5N3O2/c1-18-25-16-36-38(22-9-7-21(31)8-10-22)27(25)14-20-6-11-24(28(18)20)29(40)37(17-23(39)15-30(33,34)35)13-12-19-4-2-3-5-26(19)32/h2-5,7-10,16,18,23-24,39H,6,11-15,17H2,1H3/t18-,23?,24+/m0/s1. The van der Waals surface area contributed by atoms with Crippen molar-refractivity contribution in [1.29, 1.82) is 0 Å². The van der Waals surface area contributed by atoms with E-state index in [0.717, 1.165) is 28.1 Å². The molecule has 3 atom stereocenters. The molecule has 1 unspecified atom stereocenters. The van der Waals surface area contributed by atoms with Crippen molar-refractivity contribution in [2.45, 2.75) is 57.2 Å². The molecule has 40 heavy (non-hydrogen) atoms. The fourth-order valence-electron chi connectivity index (χ4n) is 6.07. The first-order valence-electron chi connectivity index (χ1n) is 13.3. The molecule has 212 valence electrons. The van der Waals surface area contributed by atoms with Crippen molar-refractivity contribution in [3.05, 3.63) is 94.3 Å². The second-order valence-electron chi connectivity index (χ2n) is 10.6. The van der Waals surface area contributed by atoms with Crippen LogP contribution in [0.25, 0.3) is 5.69 Å². The zero-order valence-electron chi connectivity index (χ0n) is 22.0. The molecule has 3 aromatic rings. The summed E-state index contributed by atoms with van der Waals surface area (Å²) in [5.41, 5.74) is 5.01. The van der Waals surface area contributed by atoms with Gasteiger partial charge in [0.25, 0.3) is 0 Å². The monoisotopic (exact) mass is 559 g/mol. The van der Waals surface area contributed by atoms with Gasteiger partial charge in [-0.15, -0.1) is 0 Å². The van der Waals surface area contributed by atoms with E-state index in [1.807, 2.05) is 6.92 Å². The highest BCUT2D eigenvalue weighted by molar-refractivity contribution is 5.83. The lowest BCUT2D eigenvalue weighted by Crippen LogP contribution is -2.43. The van der Waals surface area contributed by atoms with Crippen molar-refractivity contribution in [1.82, 2.24) is 14.7 Å². The molecule has 0 saturated heterocycles. The highest BCUT2D eigenvalue weighted by atomic mass is 19.4. The zero-order chi connectivity index (χ0) is 28.6. The molecular weight excluding hydrogens is 529 g/mol. The maximum absolute atomic E-state index is 14.2. The van der Waals surface area contributed by atoms with Gasteiger partial charge in [-0.2, -0.15) is 18.3 Å². The van der Waals surface area contributed by atoms with Gasteiger partial charge in [0.05, 0.1) is 36.0 Å². The minimum Gasteiger partial charge on any atom is -0.391 e. The fourth-order valence-corrected chi connectivity index (χ4v) is 6.07. The van der Waals surface area contributed by atoms with Crippen LogP contribution in [0.4, 0.5) is 22.0 Å². The fraction of sp³-hybridized carbons (Fsp3) is 0.400. The van der Waals surface area contributed by atoms with Gasteiger partial charge >= 0.3 is 6.18 Å². The number of rotatable bonds is 8. The highest BCUT2D eigenvalue weighted by Gasteiger charge is 2.41. The number of carbonyl (C=O) groups is 1. The topological polar surface area (TPSA) is 58.4 Å². The van der Waals surface area contributed by atoms with Crippen LogP contribution in [0.15, 0.2) is 65.9 Å². The summed E-state index contributed by atoms with van der Waals surface area (Å²) >= 11 is 0. The van der Waals surface area contributed by atoms with E-state index in [1.165, 1.54) is 29.2 Å². The summed E-state index contributed by atoms with van der Waals surface area (Å²) in [6.45, 7) is 1.47. The van der Waals surface area contributed by atoms with Crippen molar-refractivity contribution in [2.24, 2.45) is 5.92 Å². The van der Waals surface area contributed by atoms with E-state index in [0.29, 0.717) is 24.8 Å². The molecule has 2 aliphatic rings. The molecule has 0 fully saturated rings. The second-order valence-corrected chi connectivity index (χ2v) is 10.6. The molecule has 1 amide bonds. The molecule has 0 spiro atoms. The van der Waals surface area contributed by atoms with Crippen LogP contribution < -0.4 is 0 Å². The lowest BCUT2D eigenvalue weighted by Gasteiger charge is -2.32. The van der Waals surface area contributed by atoms with Crippen LogP contribution >= 0.6 is 0 Å². The minimum atomic E-state index is -4.58. The van der Waals surface area contributed by atoms with E-state index in [1.54, 1.807) is 35.1 Å². The zero-order valence-corrected chi connectivity index (χ0v) is 22.0. The van der Waals surface area contributed by atoms with Crippen molar-refractivity contribution in [3.63, 3.8) is 0 Å². The summed E-state index contributed by atoms with van der Waals surface area (Å²) < 4.78 is 68.4. The summed E-state index contributed by atoms with van der Waals surface area (Å²) in [6.07, 6.45) is -4.23. The predicted molar refractivity (Wildman–Crippen MR) is 139 cm³/mol. The molecule has 0 radical (unpaired) electrons. The Morgan fingerprint density at radius 3 is 2.58 bits per heavy atom. The number of carbonyl (C=O) groups excluding carboxylic acids is 1. The third-order valence-electron chi connectivity index (χ3n) is 7.92. The number of allylic oxidation sites excluding steroid dienone is 1. The van der Waals surface area contributed by atoms with Crippen LogP contribution in [0.2, 0.25) is 0 Å². The van der Waals surface area contributed by atoms with E-state index in [4.69, 9.17) is 0 Å². The quantitative estimate of drug-likeness (QED) is 0.276. The number of hydrogen-bond acceptors (Lipinski definition) is 3. The normalized spacial score (nSPS) is 19.4. The van der Waals surface area contributed by atoms with Gasteiger partial charge in [0.1, 0.15) is 11.6 Å². The molecular formula is C30H30F5N3O2. The summed E-state index contributed by atoms with van der Waals surface area (Å²) in [7, 11) is 0. The number of aromatic nitrogens is 2. The molecule has 5 nitrogen and oxygen atoms in total. The Hall–Kier alpha value is -3.53. The van der Waals surface area contributed by atoms with Gasteiger partial charge in [-0.05, 0) is 55.2 Å². The predicted octanol–water partition coefficient (Wildman–Crippen LogP) is 5.90. The van der Waals surface area contributed by atoms with Crippen molar-refractivity contribution < 1.29 is 31.9 Å². The lowest BCUT2D eigenvalue weighted by atomic mass is 9.79. The van der Waals surface area contributed by atoms with Crippen molar-refractivity contribution >= 4 is 5.91 Å². The molecule has 5 rings (SSSR count). The third kappa shape index (κ3) is 5.82. The summed E-state index contributed by atoms with van der Waals surface area (Å²) in [4.78, 5) is 15.1. The maximum atomic E-state index is 14.2. The molecule has 0 bridgehead atoms. The second kappa shape index (κ2) is 11.2. The highest BCUT2D eigenvalue weighted by Crippen LogP contribution is 2.47. The van der Waals surface area contributed by atoms with E-state index in [9.17, 15) is 31.9 Å². The summed E-state index contributed by atoms with van der Waals surface area (Å²) in [5.74, 6) is -1.86. The van der Waals surface area contributed by atoms with E-state index < -0.39 is 37.0 Å². The number of alkyl halides is 3. The number of hydrogen-bond donors (Lipinski definition) is 1. The van der Waals surface area contributed by atoms with Gasteiger partial charge in [0.2, 0.25) is 5.91 Å². The number of benzene rings is 2. The summed E-state index contributed by atoms with van der Waals surface area (Å²) in [6, 6.07) is 12.1. The van der Waals surface area contributed by atoms with Crippen LogP contribution in [-0.2, 0) is 17.6 Å². The minimum absolute atomic E-state index is 0.0179. The molecule has 1 aromatic heterocycles. The number of amides is 1. The molecule has 10 heteroatoms. The third-order valence-corrected chi connectivity index (χ3v) is 7.92. The van der Waals surface area contributed by atoms with E-state index in [-0.39, 0.29) is 30.6 Å². The average molecular weight is 560 g/mol. The lowest BCUT2D eigenvalue weighted by molar-refractivity contribution is -0.158. The largest absolute Gasteiger partial charge is 0.391 e. The first kappa shape index (κ1) is 28.0. The average Bonchev–Trinajstić information content (AvgIpc) is 3.52. The summed E-state index contributed by atoms with van der Waals surface area (Å²) in [5, 5.41) is 14.7. The number of aliphatic hydroxyl groups is 1. The number of fused-ring (bicyclic) bond motifs is 1. The van der Waals surface area contributed by atoms with Gasteiger partial charge in [0.15, 0.2) is 0 Å². The van der Waals surface area contributed by atoms with Crippen molar-refractivity contribution in [3.8, 4) is 5.69 Å². The van der Waals surface area contributed by atoms with Gasteiger partial charge in [-0.1, -0.05) is 36.3 Å².